The van der Waals surface area contributed by atoms with Gasteiger partial charge in [0, 0.05) is 42.4 Å². The van der Waals surface area contributed by atoms with E-state index in [0.29, 0.717) is 22.5 Å². The second-order valence-electron chi connectivity index (χ2n) is 6.45. The number of rotatable bonds is 7. The quantitative estimate of drug-likeness (QED) is 0.276. The Morgan fingerprint density at radius 3 is 2.45 bits per heavy atom. The molecule has 29 heavy (non-hydrogen) atoms. The minimum atomic E-state index is -0.471. The van der Waals surface area contributed by atoms with Gasteiger partial charge >= 0.3 is 5.63 Å². The number of nitro groups is 1. The maximum Gasteiger partial charge on any atom is 0.345 e. The Labute approximate surface area is 167 Å². The van der Waals surface area contributed by atoms with E-state index < -0.39 is 10.5 Å². The standard InChI is InChI=1S/C21H22N4O4/c1-4-24(5-2)18-9-6-15-12-19(21(26)29-20(15)13-18)14(3)22-23-16-7-10-17(11-8-16)25(27)28/h6-13,23H,4-5H2,1-3H3/b22-14-. The molecule has 8 nitrogen and oxygen atoms in total. The van der Waals surface area contributed by atoms with Crippen LogP contribution in [0.15, 0.2) is 62.8 Å². The smallest absolute Gasteiger partial charge is 0.345 e. The molecule has 0 saturated carbocycles. The summed E-state index contributed by atoms with van der Waals surface area (Å²) in [4.78, 5) is 24.9. The molecule has 3 rings (SSSR count). The molecule has 3 aromatic rings. The molecule has 2 aromatic carbocycles. The number of fused-ring (bicyclic) bond motifs is 1. The van der Waals surface area contributed by atoms with Crippen molar-refractivity contribution in [2.45, 2.75) is 20.8 Å². The lowest BCUT2D eigenvalue weighted by Gasteiger charge is -2.21. The number of nitrogens with one attached hydrogen (secondary N) is 1. The summed E-state index contributed by atoms with van der Waals surface area (Å²) < 4.78 is 5.52. The lowest BCUT2D eigenvalue weighted by molar-refractivity contribution is -0.384. The van der Waals surface area contributed by atoms with Crippen molar-refractivity contribution in [3.8, 4) is 0 Å². The lowest BCUT2D eigenvalue weighted by Crippen LogP contribution is -2.21. The van der Waals surface area contributed by atoms with Crippen LogP contribution in [0.3, 0.4) is 0 Å². The molecule has 0 aliphatic heterocycles. The molecule has 0 unspecified atom stereocenters. The highest BCUT2D eigenvalue weighted by Crippen LogP contribution is 2.22. The number of nitrogens with zero attached hydrogens (tertiary/aromatic N) is 3. The summed E-state index contributed by atoms with van der Waals surface area (Å²) in [6, 6.07) is 13.4. The van der Waals surface area contributed by atoms with E-state index in [4.69, 9.17) is 4.42 Å². The van der Waals surface area contributed by atoms with E-state index in [2.05, 4.69) is 29.3 Å². The van der Waals surface area contributed by atoms with E-state index >= 15 is 0 Å². The van der Waals surface area contributed by atoms with Crippen molar-refractivity contribution < 1.29 is 9.34 Å². The molecule has 0 radical (unpaired) electrons. The minimum absolute atomic E-state index is 0.00416. The molecule has 1 heterocycles. The van der Waals surface area contributed by atoms with E-state index in [-0.39, 0.29) is 5.69 Å². The maximum absolute atomic E-state index is 12.5. The largest absolute Gasteiger partial charge is 0.422 e. The molecule has 0 fully saturated rings. The van der Waals surface area contributed by atoms with Gasteiger partial charge in [0.05, 0.1) is 21.9 Å². The predicted molar refractivity (Wildman–Crippen MR) is 115 cm³/mol. The second kappa shape index (κ2) is 8.55. The monoisotopic (exact) mass is 394 g/mol. The van der Waals surface area contributed by atoms with Gasteiger partial charge < -0.3 is 9.32 Å². The number of non-ortho nitro benzene ring substituents is 1. The van der Waals surface area contributed by atoms with Gasteiger partial charge in [-0.25, -0.2) is 4.79 Å². The van der Waals surface area contributed by atoms with Crippen LogP contribution in [0.4, 0.5) is 17.1 Å². The Bertz CT molecular complexity index is 1120. The minimum Gasteiger partial charge on any atom is -0.422 e. The normalized spacial score (nSPS) is 11.5. The van der Waals surface area contributed by atoms with E-state index in [1.165, 1.54) is 12.1 Å². The van der Waals surface area contributed by atoms with Crippen LogP contribution in [0.2, 0.25) is 0 Å². The highest BCUT2D eigenvalue weighted by molar-refractivity contribution is 6.01. The van der Waals surface area contributed by atoms with Gasteiger partial charge in [0.15, 0.2) is 0 Å². The van der Waals surface area contributed by atoms with Crippen molar-refractivity contribution in [2.75, 3.05) is 23.4 Å². The first kappa shape index (κ1) is 20.1. The van der Waals surface area contributed by atoms with Gasteiger partial charge in [0.25, 0.3) is 5.69 Å². The third kappa shape index (κ3) is 4.43. The highest BCUT2D eigenvalue weighted by atomic mass is 16.6. The fourth-order valence-electron chi connectivity index (χ4n) is 3.00. The predicted octanol–water partition coefficient (Wildman–Crippen LogP) is 4.38. The van der Waals surface area contributed by atoms with Gasteiger partial charge in [-0.05, 0) is 51.1 Å². The summed E-state index contributed by atoms with van der Waals surface area (Å²) in [6.07, 6.45) is 0. The Morgan fingerprint density at radius 1 is 1.14 bits per heavy atom. The van der Waals surface area contributed by atoms with Crippen LogP contribution in [0.1, 0.15) is 26.3 Å². The molecule has 0 aliphatic carbocycles. The highest BCUT2D eigenvalue weighted by Gasteiger charge is 2.11. The molecule has 0 saturated heterocycles. The third-order valence-electron chi connectivity index (χ3n) is 4.67. The van der Waals surface area contributed by atoms with Crippen molar-refractivity contribution in [3.63, 3.8) is 0 Å². The molecule has 1 N–H and O–H groups in total. The Balaban J connectivity index is 1.87. The molecule has 0 spiro atoms. The van der Waals surface area contributed by atoms with Crippen LogP contribution in [-0.2, 0) is 0 Å². The first-order valence-electron chi connectivity index (χ1n) is 9.31. The van der Waals surface area contributed by atoms with Gasteiger partial charge in [-0.1, -0.05) is 0 Å². The van der Waals surface area contributed by atoms with Crippen molar-refractivity contribution in [1.82, 2.24) is 0 Å². The molecule has 0 aliphatic rings. The van der Waals surface area contributed by atoms with E-state index in [1.54, 1.807) is 25.1 Å². The summed E-state index contributed by atoms with van der Waals surface area (Å²) in [5, 5.41) is 15.7. The third-order valence-corrected chi connectivity index (χ3v) is 4.67. The Morgan fingerprint density at radius 2 is 1.83 bits per heavy atom. The fourth-order valence-corrected chi connectivity index (χ4v) is 3.00. The molecule has 150 valence electrons. The Kier molecular flexibility index (Phi) is 5.92. The van der Waals surface area contributed by atoms with Gasteiger partial charge in [-0.3, -0.25) is 15.5 Å². The van der Waals surface area contributed by atoms with Crippen molar-refractivity contribution in [2.24, 2.45) is 5.10 Å². The van der Waals surface area contributed by atoms with E-state index in [9.17, 15) is 14.9 Å². The number of anilines is 2. The average Bonchev–Trinajstić information content (AvgIpc) is 2.72. The summed E-state index contributed by atoms with van der Waals surface area (Å²) in [5.74, 6) is 0. The van der Waals surface area contributed by atoms with Crippen molar-refractivity contribution in [1.29, 1.82) is 0 Å². The topological polar surface area (TPSA) is 101 Å². The van der Waals surface area contributed by atoms with Crippen LogP contribution in [0.5, 0.6) is 0 Å². The molecular weight excluding hydrogens is 372 g/mol. The zero-order valence-electron chi connectivity index (χ0n) is 16.5. The van der Waals surface area contributed by atoms with Crippen LogP contribution >= 0.6 is 0 Å². The summed E-state index contributed by atoms with van der Waals surface area (Å²) in [6.45, 7) is 7.57. The van der Waals surface area contributed by atoms with Crippen LogP contribution in [0, 0.1) is 10.1 Å². The average molecular weight is 394 g/mol. The van der Waals surface area contributed by atoms with E-state index in [1.807, 2.05) is 18.2 Å². The maximum atomic E-state index is 12.5. The summed E-state index contributed by atoms with van der Waals surface area (Å²) in [5.41, 5.74) is 5.23. The summed E-state index contributed by atoms with van der Waals surface area (Å²) in [7, 11) is 0. The fraction of sp³-hybridized carbons (Fsp3) is 0.238. The van der Waals surface area contributed by atoms with Gasteiger partial charge in [-0.2, -0.15) is 5.10 Å². The lowest BCUT2D eigenvalue weighted by atomic mass is 10.1. The van der Waals surface area contributed by atoms with Crippen molar-refractivity contribution >= 4 is 33.7 Å². The molecule has 8 heteroatoms. The molecule has 0 amide bonds. The number of nitro benzene ring substituents is 1. The first-order valence-corrected chi connectivity index (χ1v) is 9.31. The first-order chi connectivity index (χ1) is 13.9. The molecule has 0 atom stereocenters. The van der Waals surface area contributed by atoms with Crippen LogP contribution in [-0.4, -0.2) is 23.7 Å². The van der Waals surface area contributed by atoms with Crippen LogP contribution in [0.25, 0.3) is 11.0 Å². The Hall–Kier alpha value is -3.68. The zero-order chi connectivity index (χ0) is 21.0. The van der Waals surface area contributed by atoms with Gasteiger partial charge in [-0.15, -0.1) is 0 Å². The second-order valence-corrected chi connectivity index (χ2v) is 6.45. The van der Waals surface area contributed by atoms with Crippen molar-refractivity contribution in [3.05, 3.63) is 74.6 Å². The van der Waals surface area contributed by atoms with E-state index in [0.717, 1.165) is 24.2 Å². The number of benzene rings is 2. The number of hydrogen-bond donors (Lipinski definition) is 1. The van der Waals surface area contributed by atoms with Crippen LogP contribution < -0.4 is 16.0 Å². The molecule has 1 aromatic heterocycles. The molecular formula is C21H22N4O4. The summed E-state index contributed by atoms with van der Waals surface area (Å²) >= 11 is 0. The zero-order valence-corrected chi connectivity index (χ0v) is 16.5. The van der Waals surface area contributed by atoms with Gasteiger partial charge in [0.1, 0.15) is 5.58 Å². The number of hydrazone groups is 1. The van der Waals surface area contributed by atoms with Gasteiger partial charge in [0.2, 0.25) is 0 Å². The SMILES string of the molecule is CCN(CC)c1ccc2cc(/C(C)=N\Nc3ccc([N+](=O)[O-])cc3)c(=O)oc2c1. The molecule has 0 bridgehead atoms. The number of hydrogen-bond acceptors (Lipinski definition) is 7.